The summed E-state index contributed by atoms with van der Waals surface area (Å²) in [5.41, 5.74) is -7.66. The third-order valence-corrected chi connectivity index (χ3v) is 7.46. The van der Waals surface area contributed by atoms with E-state index in [0.717, 1.165) is 28.9 Å². The van der Waals surface area contributed by atoms with Crippen LogP contribution >= 0.6 is 34.5 Å². The van der Waals surface area contributed by atoms with Gasteiger partial charge in [0.25, 0.3) is 5.91 Å². The number of aromatic nitrogens is 3. The van der Waals surface area contributed by atoms with Crippen molar-refractivity contribution in [3.63, 3.8) is 0 Å². The van der Waals surface area contributed by atoms with Gasteiger partial charge >= 0.3 is 18.0 Å². The number of amides is 1. The number of nitriles is 1. The summed E-state index contributed by atoms with van der Waals surface area (Å²) in [5, 5.41) is 15.7. The molecule has 2 aromatic heterocycles. The molecule has 0 N–H and O–H groups in total. The lowest BCUT2D eigenvalue weighted by atomic mass is 9.94. The predicted molar refractivity (Wildman–Crippen MR) is 124 cm³/mol. The zero-order valence-corrected chi connectivity index (χ0v) is 21.3. The van der Waals surface area contributed by atoms with E-state index in [1.807, 2.05) is 13.0 Å². The fourth-order valence-electron chi connectivity index (χ4n) is 3.83. The molecule has 1 aliphatic carbocycles. The summed E-state index contributed by atoms with van der Waals surface area (Å²) in [6.07, 6.45) is -9.77. The van der Waals surface area contributed by atoms with E-state index >= 15 is 0 Å². The second kappa shape index (κ2) is 9.69. The molecule has 202 valence electrons. The number of carbonyl (C=O) groups excluding carboxylic acids is 1. The normalized spacial score (nSPS) is 14.4. The molecule has 1 aromatic carbocycles. The van der Waals surface area contributed by atoms with E-state index in [4.69, 9.17) is 23.2 Å². The fourth-order valence-corrected chi connectivity index (χ4v) is 5.38. The summed E-state index contributed by atoms with van der Waals surface area (Å²) in [4.78, 5) is 15.1. The highest BCUT2D eigenvalue weighted by Crippen LogP contribution is 2.54. The molecule has 16 heteroatoms. The van der Waals surface area contributed by atoms with Gasteiger partial charge in [0.05, 0.1) is 26.7 Å². The first-order valence-corrected chi connectivity index (χ1v) is 12.3. The minimum Gasteiger partial charge on any atom is -0.336 e. The lowest BCUT2D eigenvalue weighted by Crippen LogP contribution is -2.50. The highest BCUT2D eigenvalue weighted by molar-refractivity contribution is 7.16. The van der Waals surface area contributed by atoms with Crippen LogP contribution in [-0.4, -0.2) is 50.7 Å². The maximum Gasteiger partial charge on any atom is 0.435 e. The molecule has 0 radical (unpaired) electrons. The zero-order valence-electron chi connectivity index (χ0n) is 19.0. The topological polar surface area (TPSA) is 74.8 Å². The minimum absolute atomic E-state index is 0.105. The van der Waals surface area contributed by atoms with Crippen molar-refractivity contribution in [2.24, 2.45) is 0 Å². The summed E-state index contributed by atoms with van der Waals surface area (Å²) in [6, 6.07) is 3.84. The third-order valence-electron chi connectivity index (χ3n) is 5.82. The minimum atomic E-state index is -6.35. The first-order chi connectivity index (χ1) is 17.6. The van der Waals surface area contributed by atoms with E-state index < -0.39 is 33.6 Å². The van der Waals surface area contributed by atoms with Crippen molar-refractivity contribution in [2.75, 3.05) is 6.54 Å². The van der Waals surface area contributed by atoms with Gasteiger partial charge in [-0.2, -0.15) is 31.6 Å². The molecule has 1 fully saturated rings. The van der Waals surface area contributed by atoms with Gasteiger partial charge in [-0.05, 0) is 38.0 Å². The Morgan fingerprint density at radius 2 is 1.71 bits per heavy atom. The number of carbonyl (C=O) groups is 1. The lowest BCUT2D eigenvalue weighted by Gasteiger charge is -2.30. The predicted octanol–water partition coefficient (Wildman–Crippen LogP) is 7.09. The zero-order chi connectivity index (χ0) is 28.2. The van der Waals surface area contributed by atoms with E-state index in [1.54, 1.807) is 4.90 Å². The van der Waals surface area contributed by atoms with Crippen molar-refractivity contribution >= 4 is 40.4 Å². The Kier molecular flexibility index (Phi) is 7.17. The van der Waals surface area contributed by atoms with Crippen molar-refractivity contribution in [1.29, 1.82) is 5.26 Å². The molecule has 0 atom stereocenters. The van der Waals surface area contributed by atoms with Crippen LogP contribution < -0.4 is 0 Å². The molecule has 38 heavy (non-hydrogen) atoms. The van der Waals surface area contributed by atoms with Crippen LogP contribution in [0.1, 0.15) is 40.6 Å². The quantitative estimate of drug-likeness (QED) is 0.284. The van der Waals surface area contributed by atoms with Gasteiger partial charge in [-0.25, -0.2) is 9.07 Å². The van der Waals surface area contributed by atoms with Crippen molar-refractivity contribution in [3.05, 3.63) is 50.4 Å². The molecule has 3 aromatic rings. The maximum absolute atomic E-state index is 14.5. The van der Waals surface area contributed by atoms with Crippen LogP contribution in [0.25, 0.3) is 16.3 Å². The molecule has 0 spiro atoms. The number of nitrogens with zero attached hydrogens (tertiary/aromatic N) is 5. The van der Waals surface area contributed by atoms with Crippen LogP contribution in [0.4, 0.5) is 30.7 Å². The van der Waals surface area contributed by atoms with Crippen molar-refractivity contribution in [3.8, 4) is 22.3 Å². The second-order valence-electron chi connectivity index (χ2n) is 8.28. The average Bonchev–Trinajstić information content (AvgIpc) is 3.36. The van der Waals surface area contributed by atoms with Gasteiger partial charge in [0.2, 0.25) is 0 Å². The van der Waals surface area contributed by atoms with E-state index in [9.17, 15) is 40.8 Å². The molecule has 6 nitrogen and oxygen atoms in total. The molecule has 0 saturated heterocycles. The number of rotatable bonds is 6. The van der Waals surface area contributed by atoms with Gasteiger partial charge in [-0.3, -0.25) is 4.79 Å². The smallest absolute Gasteiger partial charge is 0.336 e. The Labute approximate surface area is 224 Å². The molecule has 4 rings (SSSR count). The van der Waals surface area contributed by atoms with Gasteiger partial charge in [-0.1, -0.05) is 28.4 Å². The van der Waals surface area contributed by atoms with E-state index in [2.05, 4.69) is 10.3 Å². The van der Waals surface area contributed by atoms with E-state index in [1.165, 1.54) is 12.3 Å². The number of halogens is 9. The van der Waals surface area contributed by atoms with Crippen LogP contribution in [0.3, 0.4) is 0 Å². The van der Waals surface area contributed by atoms with Crippen LogP contribution in [0.5, 0.6) is 0 Å². The first kappa shape index (κ1) is 28.1. The number of thiophene rings is 1. The van der Waals surface area contributed by atoms with Crippen LogP contribution in [0, 0.1) is 11.3 Å². The van der Waals surface area contributed by atoms with E-state index in [-0.39, 0.29) is 45.9 Å². The third kappa shape index (κ3) is 4.71. The number of benzene rings is 1. The Hall–Kier alpha value is -2.89. The van der Waals surface area contributed by atoms with Gasteiger partial charge in [0, 0.05) is 18.2 Å². The van der Waals surface area contributed by atoms with Crippen LogP contribution in [0.2, 0.25) is 10.0 Å². The maximum atomic E-state index is 14.5. The molecule has 0 aliphatic heterocycles. The fraction of sp³-hybridized carbons (Fsp3) is 0.364. The standard InChI is InChI=1S/C22H14Cl2F7N5OS/c1-2-35(11-3-4-11)19(37)12-7-16(38-17(12)8-32)15-9-36(34-33-15)18-13(23)5-10(6-14(18)24)20(25,21(26,27)28)22(29,30)31/h5-7,9,11H,2-4H2,1H3. The molecule has 2 heterocycles. The summed E-state index contributed by atoms with van der Waals surface area (Å²) < 4.78 is 94.2. The highest BCUT2D eigenvalue weighted by Gasteiger charge is 2.73. The summed E-state index contributed by atoms with van der Waals surface area (Å²) >= 11 is 12.8. The Morgan fingerprint density at radius 1 is 1.13 bits per heavy atom. The number of alkyl halides is 7. The average molecular weight is 600 g/mol. The van der Waals surface area contributed by atoms with Crippen LogP contribution in [-0.2, 0) is 5.67 Å². The number of hydrogen-bond acceptors (Lipinski definition) is 5. The highest BCUT2D eigenvalue weighted by atomic mass is 35.5. The van der Waals surface area contributed by atoms with Gasteiger partial charge < -0.3 is 4.90 Å². The molecule has 1 aliphatic rings. The monoisotopic (exact) mass is 599 g/mol. The van der Waals surface area contributed by atoms with Crippen molar-refractivity contribution in [1.82, 2.24) is 19.9 Å². The van der Waals surface area contributed by atoms with Gasteiger partial charge in [0.1, 0.15) is 22.3 Å². The molecular formula is C22H14Cl2F7N5OS. The molecule has 0 bridgehead atoms. The van der Waals surface area contributed by atoms with Gasteiger partial charge in [-0.15, -0.1) is 16.4 Å². The summed E-state index contributed by atoms with van der Waals surface area (Å²) in [5.74, 6) is -0.327. The largest absolute Gasteiger partial charge is 0.435 e. The van der Waals surface area contributed by atoms with Gasteiger partial charge in [0.15, 0.2) is 0 Å². The molecular weight excluding hydrogens is 586 g/mol. The molecule has 1 amide bonds. The Bertz CT molecular complexity index is 1400. The first-order valence-electron chi connectivity index (χ1n) is 10.7. The summed E-state index contributed by atoms with van der Waals surface area (Å²) in [7, 11) is 0. The molecule has 0 unspecified atom stereocenters. The second-order valence-corrected chi connectivity index (χ2v) is 10.1. The Morgan fingerprint density at radius 3 is 2.18 bits per heavy atom. The SMILES string of the molecule is CCN(C(=O)c1cc(-c2cn(-c3c(Cl)cc(C(F)(C(F)(F)F)C(F)(F)F)cc3Cl)nn2)sc1C#N)C1CC1. The van der Waals surface area contributed by atoms with Crippen LogP contribution in [0.15, 0.2) is 24.4 Å². The van der Waals surface area contributed by atoms with Crippen molar-refractivity contribution in [2.45, 2.75) is 43.8 Å². The lowest BCUT2D eigenvalue weighted by molar-refractivity contribution is -0.348. The molecule has 1 saturated carbocycles. The summed E-state index contributed by atoms with van der Waals surface area (Å²) in [6.45, 7) is 2.27. The number of hydrogen-bond donors (Lipinski definition) is 0. The Balaban J connectivity index is 1.72. The van der Waals surface area contributed by atoms with Crippen molar-refractivity contribution < 1.29 is 35.5 Å². The van der Waals surface area contributed by atoms with E-state index in [0.29, 0.717) is 11.4 Å².